The Balaban J connectivity index is 1.65. The molecule has 1 aliphatic carbocycles. The van der Waals surface area contributed by atoms with Crippen LogP contribution >= 0.6 is 11.3 Å². The SMILES string of the molecule is CC(=O)Nc1nc(C)c(-c2cc3c(c(S(=O)(=O)Nc4cc(C#N)cc(S(C)(=O)=O)c4)c2)C(=O)N([C@@H](C)C2CC2)C3)s1. The number of thiazole rings is 1. The van der Waals surface area contributed by atoms with E-state index in [0.29, 0.717) is 32.7 Å². The van der Waals surface area contributed by atoms with E-state index in [0.717, 1.165) is 31.2 Å². The molecule has 0 spiro atoms. The third kappa shape index (κ3) is 5.70. The monoisotopic (exact) mass is 613 g/mol. The molecule has 0 unspecified atom stereocenters. The largest absolute Gasteiger partial charge is 0.331 e. The summed E-state index contributed by atoms with van der Waals surface area (Å²) in [5.74, 6) is -0.332. The summed E-state index contributed by atoms with van der Waals surface area (Å²) < 4.78 is 54.6. The Morgan fingerprint density at radius 2 is 1.88 bits per heavy atom. The molecule has 3 aromatic rings. The number of carbonyl (C=O) groups is 2. The smallest absolute Gasteiger partial charge is 0.262 e. The lowest BCUT2D eigenvalue weighted by Crippen LogP contribution is -2.35. The highest BCUT2D eigenvalue weighted by Gasteiger charge is 2.41. The number of aryl methyl sites for hydroxylation is 1. The first-order chi connectivity index (χ1) is 19.2. The molecule has 1 fully saturated rings. The van der Waals surface area contributed by atoms with E-state index in [1.807, 2.05) is 13.0 Å². The highest BCUT2D eigenvalue weighted by molar-refractivity contribution is 7.93. The molecule has 11 nitrogen and oxygen atoms in total. The van der Waals surface area contributed by atoms with E-state index in [1.165, 1.54) is 30.4 Å². The maximum Gasteiger partial charge on any atom is 0.262 e. The lowest BCUT2D eigenvalue weighted by molar-refractivity contribution is -0.114. The molecule has 14 heteroatoms. The van der Waals surface area contributed by atoms with Crippen LogP contribution in [-0.2, 0) is 31.2 Å². The van der Waals surface area contributed by atoms with Gasteiger partial charge in [0.25, 0.3) is 15.9 Å². The number of nitrogens with zero attached hydrogens (tertiary/aromatic N) is 3. The van der Waals surface area contributed by atoms with E-state index >= 15 is 0 Å². The van der Waals surface area contributed by atoms with Crippen molar-refractivity contribution in [2.75, 3.05) is 16.3 Å². The number of benzene rings is 2. The number of sulfone groups is 1. The van der Waals surface area contributed by atoms with Gasteiger partial charge in [0.2, 0.25) is 5.91 Å². The van der Waals surface area contributed by atoms with Gasteiger partial charge in [0, 0.05) is 25.8 Å². The van der Waals surface area contributed by atoms with Gasteiger partial charge in [-0.15, -0.1) is 0 Å². The molecule has 5 rings (SSSR count). The second-order valence-corrected chi connectivity index (χ2v) is 15.0. The molecule has 2 N–H and O–H groups in total. The first-order valence-corrected chi connectivity index (χ1v) is 16.9. The van der Waals surface area contributed by atoms with Crippen molar-refractivity contribution in [3.8, 4) is 16.5 Å². The van der Waals surface area contributed by atoms with Crippen molar-refractivity contribution < 1.29 is 26.4 Å². The third-order valence-electron chi connectivity index (χ3n) is 7.14. The van der Waals surface area contributed by atoms with Gasteiger partial charge in [-0.1, -0.05) is 11.3 Å². The number of nitrogens with one attached hydrogen (secondary N) is 2. The summed E-state index contributed by atoms with van der Waals surface area (Å²) in [4.78, 5) is 31.4. The summed E-state index contributed by atoms with van der Waals surface area (Å²) >= 11 is 1.18. The molecule has 1 aromatic heterocycles. The zero-order chi connectivity index (χ0) is 29.9. The molecular formula is C27H27N5O6S3. The molecule has 2 heterocycles. The second-order valence-electron chi connectivity index (χ2n) is 10.4. The van der Waals surface area contributed by atoms with Gasteiger partial charge in [-0.25, -0.2) is 21.8 Å². The number of sulfonamides is 1. The van der Waals surface area contributed by atoms with E-state index in [1.54, 1.807) is 17.9 Å². The predicted octanol–water partition coefficient (Wildman–Crippen LogP) is 3.91. The zero-order valence-electron chi connectivity index (χ0n) is 22.7. The van der Waals surface area contributed by atoms with Crippen LogP contribution < -0.4 is 10.0 Å². The molecule has 1 atom stereocenters. The van der Waals surface area contributed by atoms with Crippen LogP contribution in [-0.4, -0.2) is 50.8 Å². The van der Waals surface area contributed by atoms with Crippen LogP contribution in [0.15, 0.2) is 40.1 Å². The van der Waals surface area contributed by atoms with E-state index in [9.17, 15) is 31.7 Å². The van der Waals surface area contributed by atoms with Gasteiger partial charge in [-0.2, -0.15) is 5.26 Å². The quantitative estimate of drug-likeness (QED) is 0.386. The summed E-state index contributed by atoms with van der Waals surface area (Å²) in [7, 11) is -8.21. The summed E-state index contributed by atoms with van der Waals surface area (Å²) in [6.45, 7) is 5.30. The van der Waals surface area contributed by atoms with Crippen LogP contribution in [0.25, 0.3) is 10.4 Å². The normalized spacial score (nSPS) is 15.8. The Morgan fingerprint density at radius 3 is 2.49 bits per heavy atom. The molecular weight excluding hydrogens is 587 g/mol. The summed E-state index contributed by atoms with van der Waals surface area (Å²) in [5, 5.41) is 12.4. The second kappa shape index (κ2) is 10.2. The van der Waals surface area contributed by atoms with Crippen molar-refractivity contribution >= 4 is 53.8 Å². The Kier molecular flexibility index (Phi) is 7.17. The average Bonchev–Trinajstić information content (AvgIpc) is 3.60. The minimum Gasteiger partial charge on any atom is -0.331 e. The van der Waals surface area contributed by atoms with Crippen LogP contribution in [0.5, 0.6) is 0 Å². The minimum absolute atomic E-state index is 0.0455. The highest BCUT2D eigenvalue weighted by Crippen LogP contribution is 2.42. The summed E-state index contributed by atoms with van der Waals surface area (Å²) in [6, 6.07) is 8.48. The first kappa shape index (κ1) is 28.7. The minimum atomic E-state index is -4.46. The summed E-state index contributed by atoms with van der Waals surface area (Å²) in [5.41, 5.74) is 1.50. The van der Waals surface area contributed by atoms with Gasteiger partial charge in [0.15, 0.2) is 15.0 Å². The standard InChI is InChI=1S/C27H27N5O6S3/c1-14-25(39-27(29-14)30-16(3)33)19-9-20-13-32(15(2)18-5-6-18)26(34)24(20)23(10-19)41(37,38)31-21-7-17(12-28)8-22(11-21)40(4,35)36/h7-11,15,18,31H,5-6,13H2,1-4H3,(H,29,30,33)/t15-/m0/s1. The van der Waals surface area contributed by atoms with Gasteiger partial charge >= 0.3 is 0 Å². The number of hydrogen-bond donors (Lipinski definition) is 2. The van der Waals surface area contributed by atoms with Crippen LogP contribution in [0.1, 0.15) is 53.9 Å². The topological polar surface area (TPSA) is 166 Å². The molecule has 2 amide bonds. The van der Waals surface area contributed by atoms with Gasteiger partial charge in [0.1, 0.15) is 4.90 Å². The molecule has 1 aliphatic heterocycles. The lowest BCUT2D eigenvalue weighted by Gasteiger charge is -2.24. The zero-order valence-corrected chi connectivity index (χ0v) is 25.1. The Hall–Kier alpha value is -3.80. The molecule has 0 radical (unpaired) electrons. The fourth-order valence-corrected chi connectivity index (χ4v) is 7.95. The van der Waals surface area contributed by atoms with E-state index in [-0.39, 0.29) is 45.1 Å². The van der Waals surface area contributed by atoms with Crippen molar-refractivity contribution in [1.82, 2.24) is 9.88 Å². The van der Waals surface area contributed by atoms with Crippen LogP contribution in [0.3, 0.4) is 0 Å². The maximum atomic E-state index is 13.9. The number of anilines is 2. The van der Waals surface area contributed by atoms with Gasteiger partial charge in [-0.3, -0.25) is 14.3 Å². The molecule has 2 aromatic carbocycles. The number of aromatic nitrogens is 1. The highest BCUT2D eigenvalue weighted by atomic mass is 32.2. The number of hydrogen-bond acceptors (Lipinski definition) is 9. The van der Waals surface area contributed by atoms with Crippen molar-refractivity contribution in [1.29, 1.82) is 5.26 Å². The number of nitriles is 1. The fourth-order valence-electron chi connectivity index (χ4n) is 4.96. The summed E-state index contributed by atoms with van der Waals surface area (Å²) in [6.07, 6.45) is 2.96. The van der Waals surface area contributed by atoms with Crippen molar-refractivity contribution in [3.63, 3.8) is 0 Å². The van der Waals surface area contributed by atoms with Crippen molar-refractivity contribution in [2.45, 2.75) is 56.0 Å². The third-order valence-corrected chi connectivity index (χ3v) is 10.8. The maximum absolute atomic E-state index is 13.9. The van der Waals surface area contributed by atoms with Crippen molar-refractivity contribution in [2.24, 2.45) is 5.92 Å². The van der Waals surface area contributed by atoms with E-state index < -0.39 is 25.8 Å². The predicted molar refractivity (Wildman–Crippen MR) is 154 cm³/mol. The van der Waals surface area contributed by atoms with Crippen LogP contribution in [0, 0.1) is 24.2 Å². The van der Waals surface area contributed by atoms with E-state index in [4.69, 9.17) is 0 Å². The van der Waals surface area contributed by atoms with Gasteiger partial charge in [-0.05, 0) is 74.1 Å². The van der Waals surface area contributed by atoms with Gasteiger partial charge in [0.05, 0.1) is 38.4 Å². The average molecular weight is 614 g/mol. The Bertz CT molecular complexity index is 1870. The Morgan fingerprint density at radius 1 is 1.17 bits per heavy atom. The molecule has 1 saturated carbocycles. The number of rotatable bonds is 8. The van der Waals surface area contributed by atoms with Crippen molar-refractivity contribution in [3.05, 3.63) is 52.7 Å². The first-order valence-electron chi connectivity index (χ1n) is 12.7. The molecule has 2 aliphatic rings. The van der Waals surface area contributed by atoms with Crippen LogP contribution in [0.2, 0.25) is 0 Å². The van der Waals surface area contributed by atoms with Gasteiger partial charge < -0.3 is 10.2 Å². The van der Waals surface area contributed by atoms with Crippen LogP contribution in [0.4, 0.5) is 10.8 Å². The fraction of sp³-hybridized carbons (Fsp3) is 0.333. The van der Waals surface area contributed by atoms with E-state index in [2.05, 4.69) is 15.0 Å². The Labute approximate surface area is 242 Å². The number of carbonyl (C=O) groups excluding carboxylic acids is 2. The molecule has 41 heavy (non-hydrogen) atoms. The molecule has 0 bridgehead atoms. The lowest BCUT2D eigenvalue weighted by atomic mass is 10.0. The molecule has 0 saturated heterocycles. The number of amides is 2. The number of fused-ring (bicyclic) bond motifs is 1. The molecule has 214 valence electrons.